The number of aromatic amines is 1. The van der Waals surface area contributed by atoms with Crippen molar-refractivity contribution >= 4 is 45.7 Å². The third kappa shape index (κ3) is 6.70. The number of carbonyl (C=O) groups is 2. The Labute approximate surface area is 267 Å². The second-order valence-corrected chi connectivity index (χ2v) is 12.3. The molecule has 4 N–H and O–H groups in total. The number of quaternary nitrogens is 1. The van der Waals surface area contributed by atoms with Gasteiger partial charge in [0, 0.05) is 71.8 Å². The molecule has 10 heteroatoms. The van der Waals surface area contributed by atoms with Gasteiger partial charge in [0.15, 0.2) is 0 Å². The highest BCUT2D eigenvalue weighted by molar-refractivity contribution is 6.30. The van der Waals surface area contributed by atoms with E-state index in [1.165, 1.54) is 12.1 Å². The number of aromatic nitrogens is 1. The highest BCUT2D eigenvalue weighted by atomic mass is 35.5. The predicted octanol–water partition coefficient (Wildman–Crippen LogP) is 5.34. The molecule has 3 amide bonds. The number of ether oxygens (including phenoxy) is 1. The number of benzene rings is 3. The number of nitrogens with one attached hydrogen (secondary N) is 2. The molecule has 2 aliphatic heterocycles. The molecule has 2 aliphatic rings. The molecule has 0 radical (unpaired) electrons. The van der Waals surface area contributed by atoms with Crippen LogP contribution in [-0.2, 0) is 11.2 Å². The molecule has 3 heterocycles. The van der Waals surface area contributed by atoms with Crippen LogP contribution < -0.4 is 20.3 Å². The number of rotatable bonds is 7. The molecule has 0 aliphatic carbocycles. The minimum Gasteiger partial charge on any atom is -0.490 e. The molecule has 0 unspecified atom stereocenters. The first-order chi connectivity index (χ1) is 21.8. The first-order valence-corrected chi connectivity index (χ1v) is 15.8. The monoisotopic (exact) mass is 630 g/mol. The molecule has 1 saturated heterocycles. The highest BCUT2D eigenvalue weighted by Gasteiger charge is 2.34. The van der Waals surface area contributed by atoms with Gasteiger partial charge in [0.2, 0.25) is 0 Å². The second-order valence-electron chi connectivity index (χ2n) is 11.8. The van der Waals surface area contributed by atoms with Crippen molar-refractivity contribution in [2.24, 2.45) is 5.92 Å². The van der Waals surface area contributed by atoms with E-state index >= 15 is 0 Å². The number of halogens is 2. The fourth-order valence-electron chi connectivity index (χ4n) is 6.42. The van der Waals surface area contributed by atoms with E-state index in [0.717, 1.165) is 40.7 Å². The van der Waals surface area contributed by atoms with Crippen molar-refractivity contribution in [3.63, 3.8) is 0 Å². The molecule has 1 aromatic heterocycles. The van der Waals surface area contributed by atoms with Crippen LogP contribution in [0.5, 0.6) is 5.75 Å². The van der Waals surface area contributed by atoms with Gasteiger partial charge in [-0.2, -0.15) is 0 Å². The van der Waals surface area contributed by atoms with E-state index in [4.69, 9.17) is 16.3 Å². The molecular weight excluding hydrogens is 593 g/mol. The molecule has 1 atom stereocenters. The zero-order chi connectivity index (χ0) is 31.5. The van der Waals surface area contributed by atoms with Crippen LogP contribution in [0.25, 0.3) is 16.5 Å². The summed E-state index contributed by atoms with van der Waals surface area (Å²) < 4.78 is 19.3. The average Bonchev–Trinajstić information content (AvgIpc) is 3.48. The summed E-state index contributed by atoms with van der Waals surface area (Å²) in [5.74, 6) is 0.262. The first-order valence-electron chi connectivity index (χ1n) is 15.4. The Morgan fingerprint density at radius 3 is 2.60 bits per heavy atom. The number of amides is 3. The molecule has 8 nitrogen and oxygen atoms in total. The Bertz CT molecular complexity index is 1730. The van der Waals surface area contributed by atoms with Gasteiger partial charge in [-0.3, -0.25) is 4.79 Å². The van der Waals surface area contributed by atoms with Crippen LogP contribution >= 0.6 is 11.6 Å². The maximum atomic E-state index is 14.6. The molecule has 234 valence electrons. The fourth-order valence-corrected chi connectivity index (χ4v) is 6.62. The zero-order valence-corrected chi connectivity index (χ0v) is 26.2. The maximum Gasteiger partial charge on any atom is 0.322 e. The van der Waals surface area contributed by atoms with Crippen LogP contribution in [0, 0.1) is 11.7 Å². The molecule has 0 bridgehead atoms. The normalized spacial score (nSPS) is 17.6. The number of allylic oxidation sites excluding steroid dienone is 1. The minimum atomic E-state index is -0.329. The van der Waals surface area contributed by atoms with Crippen molar-refractivity contribution in [3.8, 4) is 5.75 Å². The smallest absolute Gasteiger partial charge is 0.322 e. The van der Waals surface area contributed by atoms with E-state index in [-0.39, 0.29) is 35.5 Å². The van der Waals surface area contributed by atoms with Gasteiger partial charge >= 0.3 is 6.03 Å². The van der Waals surface area contributed by atoms with E-state index in [0.29, 0.717) is 48.8 Å². The standard InChI is InChI=1S/C35H37ClFN5O3/c1-22(30-20-39-31-6-4-3-5-29(30)31)33(34(43)42-21-23(19-38-2)17-24-18-25(36)7-12-32(24)42)40-35(44)41-15-13-28(14-16-41)45-27-10-8-26(37)9-11-27/h3-12,18,20,23,28,38-39H,13-17,19,21H2,1-2H3,(H,40,44)/p+1/t23-/m1/s1. The number of para-hydroxylation sites is 1. The molecule has 1 fully saturated rings. The molecule has 45 heavy (non-hydrogen) atoms. The van der Waals surface area contributed by atoms with E-state index in [9.17, 15) is 14.0 Å². The van der Waals surface area contributed by atoms with Crippen LogP contribution in [0.4, 0.5) is 14.9 Å². The summed E-state index contributed by atoms with van der Waals surface area (Å²) in [6, 6.07) is 19.2. The van der Waals surface area contributed by atoms with Gasteiger partial charge in [-0.15, -0.1) is 0 Å². The molecule has 0 saturated carbocycles. The molecule has 3 aromatic carbocycles. The maximum absolute atomic E-state index is 14.6. The Balaban J connectivity index is 1.28. The third-order valence-electron chi connectivity index (χ3n) is 8.76. The van der Waals surface area contributed by atoms with Gasteiger partial charge in [-0.05, 0) is 73.0 Å². The van der Waals surface area contributed by atoms with Crippen molar-refractivity contribution in [1.82, 2.24) is 15.2 Å². The van der Waals surface area contributed by atoms with Crippen molar-refractivity contribution < 1.29 is 24.0 Å². The summed E-state index contributed by atoms with van der Waals surface area (Å²) in [6.45, 7) is 4.20. The summed E-state index contributed by atoms with van der Waals surface area (Å²) in [7, 11) is 2.03. The van der Waals surface area contributed by atoms with E-state index in [1.54, 1.807) is 28.0 Å². The molecular formula is C35H38ClFN5O3+. The topological polar surface area (TPSA) is 94.3 Å². The van der Waals surface area contributed by atoms with E-state index in [2.05, 4.69) is 15.6 Å². The number of hydrogen-bond acceptors (Lipinski definition) is 3. The summed E-state index contributed by atoms with van der Waals surface area (Å²) in [5.41, 5.74) is 4.57. The lowest BCUT2D eigenvalue weighted by atomic mass is 9.91. The van der Waals surface area contributed by atoms with E-state index < -0.39 is 0 Å². The number of likely N-dealkylation sites (tertiary alicyclic amines) is 1. The molecule has 4 aromatic rings. The van der Waals surface area contributed by atoms with Gasteiger partial charge in [0.25, 0.3) is 5.91 Å². The van der Waals surface area contributed by atoms with Crippen molar-refractivity contribution in [1.29, 1.82) is 0 Å². The number of carbonyl (C=O) groups excluding carboxylic acids is 2. The first kappa shape index (κ1) is 30.7. The van der Waals surface area contributed by atoms with Crippen LogP contribution in [0.15, 0.2) is 78.6 Å². The number of nitrogens with zero attached hydrogens (tertiary/aromatic N) is 2. The number of H-pyrrole nitrogens is 1. The quantitative estimate of drug-likeness (QED) is 0.241. The van der Waals surface area contributed by atoms with Crippen LogP contribution in [0.2, 0.25) is 5.02 Å². The van der Waals surface area contributed by atoms with Gasteiger partial charge in [0.05, 0.1) is 13.6 Å². The Morgan fingerprint density at radius 2 is 1.84 bits per heavy atom. The largest absolute Gasteiger partial charge is 0.490 e. The second kappa shape index (κ2) is 13.3. The third-order valence-corrected chi connectivity index (χ3v) is 8.99. The lowest BCUT2D eigenvalue weighted by Crippen LogP contribution is -2.82. The van der Waals surface area contributed by atoms with Crippen LogP contribution in [0.3, 0.4) is 0 Å². The number of fused-ring (bicyclic) bond motifs is 2. The van der Waals surface area contributed by atoms with Crippen LogP contribution in [-0.4, -0.2) is 61.2 Å². The lowest BCUT2D eigenvalue weighted by molar-refractivity contribution is -0.632. The van der Waals surface area contributed by atoms with Crippen molar-refractivity contribution in [2.45, 2.75) is 32.3 Å². The van der Waals surface area contributed by atoms with Crippen molar-refractivity contribution in [3.05, 3.63) is 101 Å². The Kier molecular flexibility index (Phi) is 9.09. The number of urea groups is 1. The minimum absolute atomic E-state index is 0.0897. The van der Waals surface area contributed by atoms with Gasteiger partial charge in [0.1, 0.15) is 23.4 Å². The zero-order valence-electron chi connectivity index (χ0n) is 25.5. The van der Waals surface area contributed by atoms with E-state index in [1.807, 2.05) is 56.6 Å². The Morgan fingerprint density at radius 1 is 1.09 bits per heavy atom. The number of hydrogen-bond donors (Lipinski definition) is 3. The highest BCUT2D eigenvalue weighted by Crippen LogP contribution is 2.34. The van der Waals surface area contributed by atoms with Crippen molar-refractivity contribution in [2.75, 3.05) is 38.1 Å². The van der Waals surface area contributed by atoms with Gasteiger partial charge in [-0.1, -0.05) is 29.8 Å². The van der Waals surface area contributed by atoms with Gasteiger partial charge < -0.3 is 30.2 Å². The Hall–Kier alpha value is -4.34. The average molecular weight is 631 g/mol. The summed E-state index contributed by atoms with van der Waals surface area (Å²) in [6.07, 6.45) is 3.86. The lowest BCUT2D eigenvalue weighted by Gasteiger charge is -2.36. The SMILES string of the molecule is C[NH2+]C[C@H]1Cc2cc(Cl)ccc2N(C(=O)C(NC(=O)N2CCC(Oc3ccc(F)cc3)CC2)=C(C)c2c[nH]c3ccccc23)C1. The molecule has 0 spiro atoms. The molecule has 6 rings (SSSR count). The summed E-state index contributed by atoms with van der Waals surface area (Å²) >= 11 is 6.37. The van der Waals surface area contributed by atoms with Crippen LogP contribution in [0.1, 0.15) is 30.9 Å². The predicted molar refractivity (Wildman–Crippen MR) is 175 cm³/mol. The van der Waals surface area contributed by atoms with Gasteiger partial charge in [-0.25, -0.2) is 9.18 Å². The summed E-state index contributed by atoms with van der Waals surface area (Å²) in [4.78, 5) is 35.2. The number of nitrogens with two attached hydrogens (primary N) is 1. The fraction of sp³-hybridized carbons (Fsp3) is 0.314. The summed E-state index contributed by atoms with van der Waals surface area (Å²) in [5, 5.41) is 6.77. The number of piperidine rings is 1. The number of anilines is 1.